The van der Waals surface area contributed by atoms with Gasteiger partial charge in [-0.15, -0.1) is 0 Å². The first-order chi connectivity index (χ1) is 15.1. The first-order valence-electron chi connectivity index (χ1n) is 9.52. The van der Waals surface area contributed by atoms with Crippen LogP contribution in [0.3, 0.4) is 0 Å². The molecule has 3 aromatic carbocycles. The van der Waals surface area contributed by atoms with Gasteiger partial charge in [0.25, 0.3) is 0 Å². The third-order valence-corrected chi connectivity index (χ3v) is 4.98. The third-order valence-electron chi connectivity index (χ3n) is 4.98. The molecular weight excluding hydrogens is 394 g/mol. The second-order valence-electron chi connectivity index (χ2n) is 6.80. The molecule has 0 unspecified atom stereocenters. The van der Waals surface area contributed by atoms with Crippen LogP contribution in [0.1, 0.15) is 22.5 Å². The van der Waals surface area contributed by atoms with Crippen LogP contribution < -0.4 is 5.32 Å². The molecule has 7 heteroatoms. The normalized spacial score (nSPS) is 11.8. The predicted molar refractivity (Wildman–Crippen MR) is 115 cm³/mol. The number of nitrogens with one attached hydrogen (secondary N) is 1. The van der Waals surface area contributed by atoms with Crippen molar-refractivity contribution in [3.8, 4) is 0 Å². The van der Waals surface area contributed by atoms with Gasteiger partial charge in [-0.3, -0.25) is 0 Å². The number of carboxylic acids is 1. The Balaban J connectivity index is 1.91. The van der Waals surface area contributed by atoms with E-state index in [1.807, 2.05) is 91.0 Å². The lowest BCUT2D eigenvalue weighted by Gasteiger charge is -2.36. The van der Waals surface area contributed by atoms with Gasteiger partial charge >= 0.3 is 5.97 Å². The monoisotopic (exact) mass is 413 g/mol. The molecule has 0 aliphatic heterocycles. The van der Waals surface area contributed by atoms with Gasteiger partial charge in [0.15, 0.2) is 11.6 Å². The van der Waals surface area contributed by atoms with Crippen LogP contribution in [0.5, 0.6) is 0 Å². The van der Waals surface area contributed by atoms with Crippen molar-refractivity contribution in [2.75, 3.05) is 5.32 Å². The minimum Gasteiger partial charge on any atom is -0.476 e. The molecule has 0 aliphatic carbocycles. The lowest BCUT2D eigenvalue weighted by atomic mass is 9.77. The Hall–Kier alpha value is -4.39. The third kappa shape index (κ3) is 3.76. The molecule has 4 aromatic rings. The lowest BCUT2D eigenvalue weighted by molar-refractivity contribution is -0.129. The summed E-state index contributed by atoms with van der Waals surface area (Å²) in [5, 5.41) is 28.5. The standard InChI is InChI=1S/C24H19N3O4/c28-23(29)22(26-30)20-16-21(27-31-20)25-24(17-10-4-1-5-11-17,18-12-6-2-7-13-18)19-14-8-3-9-15-19/h1-16,30H,(H,25,27)(H,28,29). The number of oxime groups is 1. The van der Waals surface area contributed by atoms with Gasteiger partial charge in [-0.05, 0) is 16.7 Å². The molecule has 0 atom stereocenters. The Morgan fingerprint density at radius 3 is 1.68 bits per heavy atom. The van der Waals surface area contributed by atoms with Crippen LogP contribution in [0.15, 0.2) is 107 Å². The van der Waals surface area contributed by atoms with E-state index in [0.717, 1.165) is 16.7 Å². The molecule has 0 saturated carbocycles. The molecule has 0 aliphatic rings. The quantitative estimate of drug-likeness (QED) is 0.180. The Labute approximate surface area is 178 Å². The average Bonchev–Trinajstić information content (AvgIpc) is 3.27. The fourth-order valence-corrected chi connectivity index (χ4v) is 3.62. The van der Waals surface area contributed by atoms with Gasteiger partial charge in [0.1, 0.15) is 5.54 Å². The number of nitrogens with zero attached hydrogens (tertiary/aromatic N) is 2. The number of hydrogen-bond donors (Lipinski definition) is 3. The zero-order valence-electron chi connectivity index (χ0n) is 16.3. The van der Waals surface area contributed by atoms with Crippen molar-refractivity contribution >= 4 is 17.5 Å². The molecule has 0 spiro atoms. The Morgan fingerprint density at radius 1 is 0.839 bits per heavy atom. The summed E-state index contributed by atoms with van der Waals surface area (Å²) in [5.74, 6) is -1.31. The number of hydrogen-bond acceptors (Lipinski definition) is 6. The summed E-state index contributed by atoms with van der Waals surface area (Å²) in [5.41, 5.74) is 1.37. The maximum Gasteiger partial charge on any atom is 0.362 e. The van der Waals surface area contributed by atoms with Gasteiger partial charge in [0, 0.05) is 6.07 Å². The molecule has 4 rings (SSSR count). The highest BCUT2D eigenvalue weighted by molar-refractivity contribution is 6.41. The molecule has 0 saturated heterocycles. The fourth-order valence-electron chi connectivity index (χ4n) is 3.62. The first-order valence-corrected chi connectivity index (χ1v) is 9.52. The molecule has 0 amide bonds. The summed E-state index contributed by atoms with van der Waals surface area (Å²) in [6, 6.07) is 31.0. The number of carbonyl (C=O) groups is 1. The van der Waals surface area contributed by atoms with Crippen molar-refractivity contribution in [2.45, 2.75) is 5.54 Å². The van der Waals surface area contributed by atoms with E-state index in [4.69, 9.17) is 9.73 Å². The van der Waals surface area contributed by atoms with Crippen LogP contribution in [0.2, 0.25) is 0 Å². The number of rotatable bonds is 7. The molecule has 7 nitrogen and oxygen atoms in total. The van der Waals surface area contributed by atoms with E-state index in [1.165, 1.54) is 6.07 Å². The van der Waals surface area contributed by atoms with E-state index in [2.05, 4.69) is 15.6 Å². The Bertz CT molecular complexity index is 1090. The van der Waals surface area contributed by atoms with E-state index in [1.54, 1.807) is 0 Å². The van der Waals surface area contributed by atoms with E-state index < -0.39 is 17.2 Å². The van der Waals surface area contributed by atoms with E-state index in [-0.39, 0.29) is 11.6 Å². The van der Waals surface area contributed by atoms with Gasteiger partial charge in [-0.1, -0.05) is 101 Å². The van der Waals surface area contributed by atoms with Gasteiger partial charge in [-0.2, -0.15) is 0 Å². The fraction of sp³-hybridized carbons (Fsp3) is 0.0417. The van der Waals surface area contributed by atoms with Crippen molar-refractivity contribution in [1.82, 2.24) is 5.16 Å². The van der Waals surface area contributed by atoms with Crippen LogP contribution in [0.25, 0.3) is 0 Å². The average molecular weight is 413 g/mol. The topological polar surface area (TPSA) is 108 Å². The second-order valence-corrected chi connectivity index (χ2v) is 6.80. The summed E-state index contributed by atoms with van der Waals surface area (Å²) in [6.07, 6.45) is 0. The van der Waals surface area contributed by atoms with Crippen molar-refractivity contribution in [3.63, 3.8) is 0 Å². The minimum absolute atomic E-state index is 0.166. The predicted octanol–water partition coefficient (Wildman–Crippen LogP) is 4.34. The van der Waals surface area contributed by atoms with Gasteiger partial charge < -0.3 is 20.2 Å². The molecular formula is C24H19N3O4. The van der Waals surface area contributed by atoms with Gasteiger partial charge in [0.05, 0.1) is 0 Å². The number of benzene rings is 3. The van der Waals surface area contributed by atoms with E-state index in [0.29, 0.717) is 0 Å². The van der Waals surface area contributed by atoms with Crippen molar-refractivity contribution in [3.05, 3.63) is 120 Å². The number of anilines is 1. The Kier molecular flexibility index (Phi) is 5.49. The van der Waals surface area contributed by atoms with Gasteiger partial charge in [-0.25, -0.2) is 4.79 Å². The zero-order chi connectivity index (χ0) is 21.7. The molecule has 3 N–H and O–H groups in total. The zero-order valence-corrected chi connectivity index (χ0v) is 16.3. The van der Waals surface area contributed by atoms with E-state index in [9.17, 15) is 9.90 Å². The molecule has 31 heavy (non-hydrogen) atoms. The van der Waals surface area contributed by atoms with Crippen LogP contribution in [-0.2, 0) is 10.3 Å². The highest BCUT2D eigenvalue weighted by Gasteiger charge is 2.37. The number of aliphatic carboxylic acids is 1. The van der Waals surface area contributed by atoms with Crippen molar-refractivity contribution < 1.29 is 19.6 Å². The highest BCUT2D eigenvalue weighted by Crippen LogP contribution is 2.39. The molecule has 1 heterocycles. The SMILES string of the molecule is O=C(O)C(=NO)c1cc(NC(c2ccccc2)(c2ccccc2)c2ccccc2)no1. The molecule has 0 radical (unpaired) electrons. The summed E-state index contributed by atoms with van der Waals surface area (Å²) in [7, 11) is 0. The summed E-state index contributed by atoms with van der Waals surface area (Å²) < 4.78 is 5.15. The molecule has 1 aromatic heterocycles. The Morgan fingerprint density at radius 2 is 1.29 bits per heavy atom. The largest absolute Gasteiger partial charge is 0.476 e. The van der Waals surface area contributed by atoms with Crippen LogP contribution in [-0.4, -0.2) is 27.2 Å². The maximum absolute atomic E-state index is 11.3. The van der Waals surface area contributed by atoms with E-state index >= 15 is 0 Å². The van der Waals surface area contributed by atoms with Crippen LogP contribution >= 0.6 is 0 Å². The molecule has 0 fully saturated rings. The molecule has 0 bridgehead atoms. The smallest absolute Gasteiger partial charge is 0.362 e. The highest BCUT2D eigenvalue weighted by atomic mass is 16.5. The van der Waals surface area contributed by atoms with Crippen molar-refractivity contribution in [1.29, 1.82) is 0 Å². The second kappa shape index (κ2) is 8.54. The van der Waals surface area contributed by atoms with Crippen LogP contribution in [0.4, 0.5) is 5.82 Å². The summed E-state index contributed by atoms with van der Waals surface area (Å²) in [4.78, 5) is 11.3. The maximum atomic E-state index is 11.3. The lowest BCUT2D eigenvalue weighted by Crippen LogP contribution is -2.38. The number of carboxylic acid groups (broad SMARTS) is 1. The van der Waals surface area contributed by atoms with Gasteiger partial charge in [0.2, 0.25) is 5.71 Å². The summed E-state index contributed by atoms with van der Waals surface area (Å²) >= 11 is 0. The van der Waals surface area contributed by atoms with Crippen molar-refractivity contribution in [2.24, 2.45) is 5.16 Å². The number of aromatic nitrogens is 1. The molecule has 154 valence electrons. The van der Waals surface area contributed by atoms with Crippen LogP contribution in [0, 0.1) is 0 Å². The minimum atomic E-state index is -1.43. The summed E-state index contributed by atoms with van der Waals surface area (Å²) in [6.45, 7) is 0. The first kappa shape index (κ1) is 19.9.